The van der Waals surface area contributed by atoms with Crippen LogP contribution in [0.1, 0.15) is 31.4 Å². The number of hydrogen-bond acceptors (Lipinski definition) is 6. The molecular weight excluding hydrogens is 466 g/mol. The van der Waals surface area contributed by atoms with E-state index in [2.05, 4.69) is 15.9 Å². The molecule has 9 heteroatoms. The molecule has 2 aliphatic rings. The van der Waals surface area contributed by atoms with Crippen LogP contribution < -0.4 is 0 Å². The van der Waals surface area contributed by atoms with Gasteiger partial charge in [-0.3, -0.25) is 9.69 Å². The van der Waals surface area contributed by atoms with E-state index < -0.39 is 17.9 Å². The molecular formula is C19H18BrNO5S2. The molecule has 1 heterocycles. The highest BCUT2D eigenvalue weighted by Gasteiger charge is 2.42. The van der Waals surface area contributed by atoms with Gasteiger partial charge in [0.15, 0.2) is 11.5 Å². The molecule has 28 heavy (non-hydrogen) atoms. The molecule has 1 fully saturated rings. The average molecular weight is 484 g/mol. The predicted octanol–water partition coefficient (Wildman–Crippen LogP) is 4.00. The molecule has 3 N–H and O–H groups in total. The summed E-state index contributed by atoms with van der Waals surface area (Å²) in [5.74, 6) is -2.18. The monoisotopic (exact) mass is 483 g/mol. The topological polar surface area (TPSA) is 98.1 Å². The molecule has 6 nitrogen and oxygen atoms in total. The standard InChI is InChI=1S/C19H18BrNO5S2/c1-8(2)16(18(25)26)21-17(24)14(28-19(21)27)6-10-4-3-9-5-12(22)13(23)7-11(9)15(10)20/h5-8,16,22-23H,3-4H2,1-2H3,(H,25,26)/b14-6-. The van der Waals surface area contributed by atoms with Gasteiger partial charge in [0, 0.05) is 4.48 Å². The van der Waals surface area contributed by atoms with Gasteiger partial charge in [-0.05, 0) is 69.6 Å². The maximum atomic E-state index is 12.9. The summed E-state index contributed by atoms with van der Waals surface area (Å²) in [7, 11) is 0. The summed E-state index contributed by atoms with van der Waals surface area (Å²) in [6.07, 6.45) is 2.97. The van der Waals surface area contributed by atoms with Crippen molar-refractivity contribution in [2.75, 3.05) is 0 Å². The van der Waals surface area contributed by atoms with Gasteiger partial charge in [-0.25, -0.2) is 4.79 Å². The van der Waals surface area contributed by atoms with E-state index in [1.807, 2.05) is 0 Å². The molecule has 0 aromatic heterocycles. The smallest absolute Gasteiger partial charge is 0.327 e. The fourth-order valence-corrected chi connectivity index (χ4v) is 5.31. The second-order valence-electron chi connectivity index (χ2n) is 6.92. The lowest BCUT2D eigenvalue weighted by Crippen LogP contribution is -2.47. The van der Waals surface area contributed by atoms with Crippen LogP contribution in [-0.4, -0.2) is 42.5 Å². The maximum absolute atomic E-state index is 12.9. The van der Waals surface area contributed by atoms with Gasteiger partial charge in [-0.2, -0.15) is 0 Å². The highest BCUT2D eigenvalue weighted by molar-refractivity contribution is 9.15. The van der Waals surface area contributed by atoms with E-state index in [1.54, 1.807) is 19.9 Å². The summed E-state index contributed by atoms with van der Waals surface area (Å²) in [5, 5.41) is 29.0. The summed E-state index contributed by atoms with van der Waals surface area (Å²) < 4.78 is 0.945. The summed E-state index contributed by atoms with van der Waals surface area (Å²) in [6.45, 7) is 3.47. The normalized spacial score (nSPS) is 19.6. The van der Waals surface area contributed by atoms with Gasteiger partial charge in [0.2, 0.25) is 0 Å². The first-order chi connectivity index (χ1) is 13.1. The highest BCUT2D eigenvalue weighted by Crippen LogP contribution is 2.43. The number of carbonyl (C=O) groups excluding carboxylic acids is 1. The number of phenols is 2. The second kappa shape index (κ2) is 7.88. The van der Waals surface area contributed by atoms with Crippen LogP contribution in [0.25, 0.3) is 4.48 Å². The zero-order valence-electron chi connectivity index (χ0n) is 15.1. The van der Waals surface area contributed by atoms with Crippen LogP contribution in [0.4, 0.5) is 0 Å². The number of hydrogen-bond donors (Lipinski definition) is 3. The minimum absolute atomic E-state index is 0.170. The number of amides is 1. The van der Waals surface area contributed by atoms with E-state index in [0.29, 0.717) is 22.2 Å². The van der Waals surface area contributed by atoms with Crippen LogP contribution in [0.3, 0.4) is 0 Å². The van der Waals surface area contributed by atoms with Crippen molar-refractivity contribution in [3.8, 4) is 11.5 Å². The van der Waals surface area contributed by atoms with Crippen molar-refractivity contribution in [1.82, 2.24) is 4.90 Å². The number of carboxylic acids is 1. The van der Waals surface area contributed by atoms with Crippen molar-refractivity contribution >= 4 is 60.6 Å². The number of carboxylic acid groups (broad SMARTS) is 1. The Morgan fingerprint density at radius 2 is 1.93 bits per heavy atom. The van der Waals surface area contributed by atoms with E-state index in [4.69, 9.17) is 12.2 Å². The Morgan fingerprint density at radius 3 is 2.54 bits per heavy atom. The van der Waals surface area contributed by atoms with E-state index in [-0.39, 0.29) is 21.7 Å². The number of thioether (sulfide) groups is 1. The number of carbonyl (C=O) groups is 2. The Kier molecular flexibility index (Phi) is 5.88. The van der Waals surface area contributed by atoms with Gasteiger partial charge >= 0.3 is 5.97 Å². The van der Waals surface area contributed by atoms with Gasteiger partial charge in [0.05, 0.1) is 4.91 Å². The Labute approximate surface area is 180 Å². The molecule has 0 spiro atoms. The third-order valence-corrected chi connectivity index (χ3v) is 6.94. The first-order valence-electron chi connectivity index (χ1n) is 8.55. The lowest BCUT2D eigenvalue weighted by atomic mass is 9.91. The number of fused-ring (bicyclic) bond motifs is 1. The van der Waals surface area contributed by atoms with Crippen molar-refractivity contribution in [2.45, 2.75) is 32.7 Å². The number of rotatable bonds is 4. The van der Waals surface area contributed by atoms with Crippen LogP contribution in [-0.2, 0) is 16.0 Å². The van der Waals surface area contributed by atoms with Crippen molar-refractivity contribution in [1.29, 1.82) is 0 Å². The van der Waals surface area contributed by atoms with E-state index >= 15 is 0 Å². The molecule has 1 amide bonds. The SMILES string of the molecule is CC(C)C(C(=O)O)N1C(=O)/C(=C/C2=C(Br)c3cc(O)c(O)cc3CC2)SC1=S. The molecule has 1 aromatic carbocycles. The number of aliphatic carboxylic acids is 1. The number of aromatic hydroxyl groups is 2. The number of nitrogens with zero attached hydrogens (tertiary/aromatic N) is 1. The summed E-state index contributed by atoms with van der Waals surface area (Å²) in [4.78, 5) is 26.0. The molecule has 1 aromatic rings. The first-order valence-corrected chi connectivity index (χ1v) is 10.6. The molecule has 1 atom stereocenters. The van der Waals surface area contributed by atoms with Crippen LogP contribution in [0.15, 0.2) is 28.7 Å². The van der Waals surface area contributed by atoms with Crippen molar-refractivity contribution in [3.63, 3.8) is 0 Å². The molecule has 0 saturated carbocycles. The number of halogens is 1. The van der Waals surface area contributed by atoms with Crippen LogP contribution in [0, 0.1) is 5.92 Å². The van der Waals surface area contributed by atoms with E-state index in [0.717, 1.165) is 28.5 Å². The molecule has 0 bridgehead atoms. The molecule has 148 valence electrons. The van der Waals surface area contributed by atoms with Crippen LogP contribution in [0.5, 0.6) is 11.5 Å². The molecule has 1 unspecified atom stereocenters. The number of phenolic OH excluding ortho intramolecular Hbond substituents is 2. The Bertz CT molecular complexity index is 954. The van der Waals surface area contributed by atoms with Crippen molar-refractivity contribution in [3.05, 3.63) is 39.8 Å². The summed E-state index contributed by atoms with van der Waals surface area (Å²) in [6, 6.07) is 2.00. The number of allylic oxidation sites excluding steroid dienone is 2. The molecule has 1 aliphatic heterocycles. The lowest BCUT2D eigenvalue weighted by Gasteiger charge is -2.26. The molecule has 1 saturated heterocycles. The first kappa shape index (κ1) is 20.9. The third-order valence-electron chi connectivity index (χ3n) is 4.67. The van der Waals surface area contributed by atoms with Gasteiger partial charge < -0.3 is 15.3 Å². The van der Waals surface area contributed by atoms with Crippen LogP contribution >= 0.6 is 39.9 Å². The average Bonchev–Trinajstić information content (AvgIpc) is 2.87. The number of aryl methyl sites for hydroxylation is 1. The molecule has 3 rings (SSSR count). The van der Waals surface area contributed by atoms with Crippen molar-refractivity contribution < 1.29 is 24.9 Å². The lowest BCUT2D eigenvalue weighted by molar-refractivity contribution is -0.146. The van der Waals surface area contributed by atoms with E-state index in [1.165, 1.54) is 17.0 Å². The predicted molar refractivity (Wildman–Crippen MR) is 115 cm³/mol. The maximum Gasteiger partial charge on any atom is 0.327 e. The van der Waals surface area contributed by atoms with Crippen molar-refractivity contribution in [2.24, 2.45) is 5.92 Å². The zero-order valence-corrected chi connectivity index (χ0v) is 18.3. The highest BCUT2D eigenvalue weighted by atomic mass is 79.9. The minimum atomic E-state index is -1.09. The molecule has 1 aliphatic carbocycles. The zero-order chi connectivity index (χ0) is 20.7. The second-order valence-corrected chi connectivity index (χ2v) is 9.38. The minimum Gasteiger partial charge on any atom is -0.504 e. The third kappa shape index (κ3) is 3.70. The fraction of sp³-hybridized carbons (Fsp3) is 0.316. The molecule has 0 radical (unpaired) electrons. The van der Waals surface area contributed by atoms with Gasteiger partial charge in [-0.15, -0.1) is 0 Å². The van der Waals surface area contributed by atoms with Crippen LogP contribution in [0.2, 0.25) is 0 Å². The Hall–Kier alpha value is -1.84. The Balaban J connectivity index is 1.98. The van der Waals surface area contributed by atoms with Gasteiger partial charge in [0.25, 0.3) is 5.91 Å². The summed E-state index contributed by atoms with van der Waals surface area (Å²) in [5.41, 5.74) is 2.47. The fourth-order valence-electron chi connectivity index (χ4n) is 3.29. The number of benzene rings is 1. The Morgan fingerprint density at radius 1 is 1.29 bits per heavy atom. The number of thiocarbonyl (C=S) groups is 1. The quantitative estimate of drug-likeness (QED) is 0.338. The van der Waals surface area contributed by atoms with Gasteiger partial charge in [-0.1, -0.05) is 37.8 Å². The largest absolute Gasteiger partial charge is 0.504 e. The van der Waals surface area contributed by atoms with E-state index in [9.17, 15) is 24.9 Å². The summed E-state index contributed by atoms with van der Waals surface area (Å²) >= 11 is 9.89. The van der Waals surface area contributed by atoms with Gasteiger partial charge in [0.1, 0.15) is 10.4 Å².